The van der Waals surface area contributed by atoms with E-state index in [2.05, 4.69) is 5.92 Å². The van der Waals surface area contributed by atoms with Crippen molar-refractivity contribution in [3.05, 3.63) is 29.8 Å². The van der Waals surface area contributed by atoms with E-state index in [4.69, 9.17) is 11.2 Å². The highest BCUT2D eigenvalue weighted by molar-refractivity contribution is 5.32. The Balaban J connectivity index is 2.95. The predicted octanol–water partition coefficient (Wildman–Crippen LogP) is 1.36. The van der Waals surface area contributed by atoms with Gasteiger partial charge in [-0.05, 0) is 17.7 Å². The van der Waals surface area contributed by atoms with Crippen LogP contribution in [0.25, 0.3) is 0 Å². The van der Waals surface area contributed by atoms with Crippen LogP contribution in [0, 0.1) is 12.3 Å². The first-order valence-corrected chi connectivity index (χ1v) is 3.56. The van der Waals surface area contributed by atoms with Crippen molar-refractivity contribution in [2.75, 3.05) is 7.11 Å². The van der Waals surface area contributed by atoms with E-state index in [1.807, 2.05) is 0 Å². The molecule has 0 saturated carbocycles. The number of hydrogen-bond acceptors (Lipinski definition) is 2. The first-order valence-electron chi connectivity index (χ1n) is 3.56. The van der Waals surface area contributed by atoms with Crippen LogP contribution < -0.4 is 4.74 Å². The van der Waals surface area contributed by atoms with Crippen LogP contribution in [0.5, 0.6) is 5.75 Å². The Morgan fingerprint density at radius 2 is 2.33 bits per heavy atom. The van der Waals surface area contributed by atoms with Crippen LogP contribution in [0.2, 0.25) is 0 Å². The zero-order valence-electron chi connectivity index (χ0n) is 6.82. The number of methoxy groups -OCH3 is 1. The van der Waals surface area contributed by atoms with Crippen LogP contribution in [0.1, 0.15) is 11.7 Å². The maximum Gasteiger partial charge on any atom is 0.140 e. The van der Waals surface area contributed by atoms with Gasteiger partial charge in [0.1, 0.15) is 11.9 Å². The minimum absolute atomic E-state index is 0.678. The summed E-state index contributed by atoms with van der Waals surface area (Å²) in [6, 6.07) is 7.05. The SMILES string of the molecule is C#CC(O)c1cccc(OC)c1. The Hall–Kier alpha value is -1.46. The first-order chi connectivity index (χ1) is 5.77. The molecule has 1 aromatic carbocycles. The molecule has 62 valence electrons. The fraction of sp³-hybridized carbons (Fsp3) is 0.200. The molecular weight excluding hydrogens is 152 g/mol. The number of aliphatic hydroxyl groups excluding tert-OH is 1. The van der Waals surface area contributed by atoms with Gasteiger partial charge in [0.2, 0.25) is 0 Å². The van der Waals surface area contributed by atoms with Crippen molar-refractivity contribution >= 4 is 0 Å². The summed E-state index contributed by atoms with van der Waals surface area (Å²) in [5.74, 6) is 2.93. The molecule has 0 saturated heterocycles. The van der Waals surface area contributed by atoms with Crippen LogP contribution in [0.15, 0.2) is 24.3 Å². The van der Waals surface area contributed by atoms with Gasteiger partial charge < -0.3 is 9.84 Å². The highest BCUT2D eigenvalue weighted by Crippen LogP contribution is 2.17. The Kier molecular flexibility index (Phi) is 2.73. The fourth-order valence-corrected chi connectivity index (χ4v) is 0.908. The summed E-state index contributed by atoms with van der Waals surface area (Å²) in [4.78, 5) is 0. The second-order valence-electron chi connectivity index (χ2n) is 2.35. The van der Waals surface area contributed by atoms with Crippen LogP contribution in [0.3, 0.4) is 0 Å². The molecule has 0 bridgehead atoms. The maximum atomic E-state index is 9.26. The summed E-state index contributed by atoms with van der Waals surface area (Å²) >= 11 is 0. The molecule has 0 aliphatic heterocycles. The molecule has 2 nitrogen and oxygen atoms in total. The van der Waals surface area contributed by atoms with Gasteiger partial charge in [0, 0.05) is 0 Å². The van der Waals surface area contributed by atoms with Crippen molar-refractivity contribution in [1.82, 2.24) is 0 Å². The number of hydrogen-bond donors (Lipinski definition) is 1. The molecule has 12 heavy (non-hydrogen) atoms. The second kappa shape index (κ2) is 3.80. The normalized spacial score (nSPS) is 11.8. The predicted molar refractivity (Wildman–Crippen MR) is 46.8 cm³/mol. The summed E-state index contributed by atoms with van der Waals surface area (Å²) in [7, 11) is 1.57. The van der Waals surface area contributed by atoms with E-state index < -0.39 is 6.10 Å². The summed E-state index contributed by atoms with van der Waals surface area (Å²) < 4.78 is 4.97. The van der Waals surface area contributed by atoms with E-state index >= 15 is 0 Å². The maximum absolute atomic E-state index is 9.26. The molecule has 1 aromatic rings. The molecule has 0 spiro atoms. The zero-order chi connectivity index (χ0) is 8.97. The third-order valence-electron chi connectivity index (χ3n) is 1.57. The van der Waals surface area contributed by atoms with Gasteiger partial charge in [0.25, 0.3) is 0 Å². The van der Waals surface area contributed by atoms with E-state index in [0.29, 0.717) is 11.3 Å². The molecule has 2 heteroatoms. The highest BCUT2D eigenvalue weighted by Gasteiger charge is 2.02. The Morgan fingerprint density at radius 3 is 2.92 bits per heavy atom. The van der Waals surface area contributed by atoms with Gasteiger partial charge in [-0.15, -0.1) is 6.42 Å². The minimum atomic E-state index is -0.847. The molecule has 0 radical (unpaired) electrons. The molecule has 1 unspecified atom stereocenters. The van der Waals surface area contributed by atoms with Gasteiger partial charge in [0.15, 0.2) is 0 Å². The molecule has 0 heterocycles. The second-order valence-corrected chi connectivity index (χ2v) is 2.35. The van der Waals surface area contributed by atoms with Crippen molar-refractivity contribution in [2.24, 2.45) is 0 Å². The van der Waals surface area contributed by atoms with Crippen LogP contribution in [-0.2, 0) is 0 Å². The molecule has 1 N–H and O–H groups in total. The Bertz CT molecular complexity index is 299. The molecule has 0 aromatic heterocycles. The van der Waals surface area contributed by atoms with Crippen LogP contribution in [0.4, 0.5) is 0 Å². The standard InChI is InChI=1S/C10H10O2/c1-3-10(11)8-5-4-6-9(7-8)12-2/h1,4-7,10-11H,2H3. The van der Waals surface area contributed by atoms with E-state index in [1.54, 1.807) is 31.4 Å². The molecule has 0 amide bonds. The molecule has 0 aliphatic rings. The smallest absolute Gasteiger partial charge is 0.140 e. The Morgan fingerprint density at radius 1 is 1.58 bits per heavy atom. The number of ether oxygens (including phenoxy) is 1. The van der Waals surface area contributed by atoms with E-state index in [9.17, 15) is 5.11 Å². The van der Waals surface area contributed by atoms with Crippen molar-refractivity contribution in [1.29, 1.82) is 0 Å². The lowest BCUT2D eigenvalue weighted by Crippen LogP contribution is -1.93. The molecule has 1 atom stereocenters. The summed E-state index contributed by atoms with van der Waals surface area (Å²) in [5, 5.41) is 9.26. The fourth-order valence-electron chi connectivity index (χ4n) is 0.908. The summed E-state index contributed by atoms with van der Waals surface area (Å²) in [6.07, 6.45) is 4.21. The monoisotopic (exact) mass is 162 g/mol. The molecule has 0 fully saturated rings. The van der Waals surface area contributed by atoms with E-state index in [-0.39, 0.29) is 0 Å². The lowest BCUT2D eigenvalue weighted by molar-refractivity contribution is 0.238. The number of rotatable bonds is 2. The van der Waals surface area contributed by atoms with Gasteiger partial charge in [-0.1, -0.05) is 18.1 Å². The van der Waals surface area contributed by atoms with Crippen molar-refractivity contribution in [3.63, 3.8) is 0 Å². The minimum Gasteiger partial charge on any atom is -0.497 e. The topological polar surface area (TPSA) is 29.5 Å². The largest absolute Gasteiger partial charge is 0.497 e. The third-order valence-corrected chi connectivity index (χ3v) is 1.57. The molecular formula is C10H10O2. The quantitative estimate of drug-likeness (QED) is 0.665. The number of terminal acetylenes is 1. The number of benzene rings is 1. The third kappa shape index (κ3) is 1.77. The average molecular weight is 162 g/mol. The van der Waals surface area contributed by atoms with Crippen molar-refractivity contribution in [3.8, 4) is 18.1 Å². The van der Waals surface area contributed by atoms with Gasteiger partial charge in [0.05, 0.1) is 7.11 Å². The first kappa shape index (κ1) is 8.63. The van der Waals surface area contributed by atoms with Gasteiger partial charge >= 0.3 is 0 Å². The zero-order valence-corrected chi connectivity index (χ0v) is 6.82. The van der Waals surface area contributed by atoms with Gasteiger partial charge in [-0.25, -0.2) is 0 Å². The highest BCUT2D eigenvalue weighted by atomic mass is 16.5. The molecule has 0 aliphatic carbocycles. The van der Waals surface area contributed by atoms with Crippen molar-refractivity contribution < 1.29 is 9.84 Å². The van der Waals surface area contributed by atoms with Crippen LogP contribution in [-0.4, -0.2) is 12.2 Å². The summed E-state index contributed by atoms with van der Waals surface area (Å²) in [6.45, 7) is 0. The van der Waals surface area contributed by atoms with Gasteiger partial charge in [-0.2, -0.15) is 0 Å². The lowest BCUT2D eigenvalue weighted by Gasteiger charge is -2.05. The van der Waals surface area contributed by atoms with Gasteiger partial charge in [-0.3, -0.25) is 0 Å². The van der Waals surface area contributed by atoms with Crippen molar-refractivity contribution in [2.45, 2.75) is 6.10 Å². The van der Waals surface area contributed by atoms with E-state index in [1.165, 1.54) is 0 Å². The Labute approximate surface area is 71.8 Å². The summed E-state index contributed by atoms with van der Waals surface area (Å²) in [5.41, 5.74) is 0.678. The van der Waals surface area contributed by atoms with Crippen LogP contribution >= 0.6 is 0 Å². The lowest BCUT2D eigenvalue weighted by atomic mass is 10.1. The molecule has 1 rings (SSSR count). The average Bonchev–Trinajstić information content (AvgIpc) is 2.17. The number of aliphatic hydroxyl groups is 1. The van der Waals surface area contributed by atoms with E-state index in [0.717, 1.165) is 0 Å².